The van der Waals surface area contributed by atoms with Crippen LogP contribution in [-0.4, -0.2) is 64.3 Å². The number of hydrogen-bond acceptors (Lipinski definition) is 8. The number of unbranched alkanes of at least 4 members (excludes halogenated alkanes) is 1. The van der Waals surface area contributed by atoms with Gasteiger partial charge in [0.05, 0.1) is 16.2 Å². The molecular formula is C110H97B3Br2ILiO8. The first-order valence-electron chi connectivity index (χ1n) is 42.8. The first-order chi connectivity index (χ1) is 60.6. The Labute approximate surface area is 781 Å². The number of benzene rings is 15. The molecule has 15 aromatic rings. The van der Waals surface area contributed by atoms with E-state index in [1.165, 1.54) is 162 Å². The van der Waals surface area contributed by atoms with E-state index < -0.39 is 7.32 Å². The van der Waals surface area contributed by atoms with Gasteiger partial charge in [0.25, 0.3) is 0 Å². The number of halogens is 3. The molecule has 0 saturated carbocycles. The Kier molecular flexibility index (Phi) is 29.1. The molecule has 1 heterocycles. The van der Waals surface area contributed by atoms with Crippen molar-refractivity contribution in [1.29, 1.82) is 0 Å². The first kappa shape index (κ1) is 89.9. The molecule has 8 nitrogen and oxygen atoms in total. The van der Waals surface area contributed by atoms with Crippen molar-refractivity contribution in [2.45, 2.75) is 109 Å². The zero-order valence-corrected chi connectivity index (χ0v) is 77.1. The average molecular weight is 1870 g/mol. The summed E-state index contributed by atoms with van der Waals surface area (Å²) in [5.41, 5.74) is 35.6. The fourth-order valence-corrected chi connectivity index (χ4v) is 19.8. The van der Waals surface area contributed by atoms with Crippen LogP contribution >= 0.6 is 54.5 Å². The van der Waals surface area contributed by atoms with E-state index in [0.717, 1.165) is 53.0 Å². The summed E-state index contributed by atoms with van der Waals surface area (Å²) in [7, 11) is 0.899. The van der Waals surface area contributed by atoms with Gasteiger partial charge in [0.15, 0.2) is 0 Å². The van der Waals surface area contributed by atoms with E-state index in [2.05, 4.69) is 366 Å². The largest absolute Gasteiger partial charge is 1.00 e. The molecule has 6 aliphatic carbocycles. The minimum atomic E-state index is -0.542. The van der Waals surface area contributed by atoms with Gasteiger partial charge in [0, 0.05) is 44.0 Å². The Morgan fingerprint density at radius 1 is 0.336 bits per heavy atom. The molecule has 0 atom stereocenters. The van der Waals surface area contributed by atoms with Crippen LogP contribution in [-0.2, 0) is 34.9 Å². The van der Waals surface area contributed by atoms with E-state index in [4.69, 9.17) is 38.1 Å². The predicted octanol–water partition coefficient (Wildman–Crippen LogP) is 24.7. The van der Waals surface area contributed by atoms with Crippen LogP contribution in [0.25, 0.3) is 89.0 Å². The topological polar surface area (TPSA) is 95.8 Å². The molecule has 22 rings (SSSR count). The zero-order valence-electron chi connectivity index (χ0n) is 71.8. The normalized spacial score (nSPS) is 13.5. The van der Waals surface area contributed by atoms with Gasteiger partial charge in [-0.3, -0.25) is 0 Å². The molecule has 7 aliphatic rings. The molecule has 616 valence electrons. The predicted molar refractivity (Wildman–Crippen MR) is 526 cm³/mol. The van der Waals surface area contributed by atoms with Crippen molar-refractivity contribution in [3.8, 4) is 101 Å². The SMILES string of the molecule is Brc1ccc(-c2ccc3c(c2)-c2ccccc2C32c3ccccc3-c3ccccc32)cc1.Brc1ccc(I)cc1.C1CCOC1.CC(C)OB(OC(C)C)OC(C)C.O[B]Oc1ccc(-c2ccc3c(c2)-c2ccccc2C32c3ccccc3-c3ccccc32)cc1.O[B]Oc1ccc2c(c1)-c1ccccc1C21c2ccccc2-c2ccccc21.[CH2-]CCC.[Li+]. The van der Waals surface area contributed by atoms with Gasteiger partial charge in [0.2, 0.25) is 0 Å². The smallest absolute Gasteiger partial charge is 0.537 e. The summed E-state index contributed by atoms with van der Waals surface area (Å²) in [6, 6.07) is 124. The number of fused-ring (bicyclic) bond motifs is 30. The van der Waals surface area contributed by atoms with E-state index >= 15 is 0 Å². The Morgan fingerprint density at radius 2 is 0.568 bits per heavy atom. The number of hydrogen-bond donors (Lipinski definition) is 2. The van der Waals surface area contributed by atoms with Gasteiger partial charge in [-0.05, 0) is 306 Å². The molecule has 15 aromatic carbocycles. The van der Waals surface area contributed by atoms with Crippen LogP contribution in [0, 0.1) is 10.5 Å². The van der Waals surface area contributed by atoms with Crippen LogP contribution in [0.1, 0.15) is 141 Å². The molecule has 15 heteroatoms. The zero-order chi connectivity index (χ0) is 86.1. The second-order valence-electron chi connectivity index (χ2n) is 32.3. The van der Waals surface area contributed by atoms with Gasteiger partial charge in [-0.2, -0.15) is 6.42 Å². The summed E-state index contributed by atoms with van der Waals surface area (Å²) in [5.74, 6) is 1.24. The fraction of sp³-hybridized carbons (Fsp3) is 0.173. The maximum absolute atomic E-state index is 9.08. The quantitative estimate of drug-likeness (QED) is 0.0670. The maximum atomic E-state index is 9.08. The summed E-state index contributed by atoms with van der Waals surface area (Å²) in [5, 5.41) is 18.0. The van der Waals surface area contributed by atoms with E-state index in [-0.39, 0.29) is 53.4 Å². The fourth-order valence-electron chi connectivity index (χ4n) is 18.9. The van der Waals surface area contributed by atoms with Gasteiger partial charge in [-0.1, -0.05) is 318 Å². The van der Waals surface area contributed by atoms with Crippen LogP contribution in [0.2, 0.25) is 0 Å². The van der Waals surface area contributed by atoms with Crippen LogP contribution in [0.3, 0.4) is 0 Å². The van der Waals surface area contributed by atoms with Crippen LogP contribution < -0.4 is 28.2 Å². The maximum Gasteiger partial charge on any atom is 1.00 e. The molecule has 1 saturated heterocycles. The summed E-state index contributed by atoms with van der Waals surface area (Å²) in [6.45, 7) is 19.5. The third-order valence-electron chi connectivity index (χ3n) is 23.8. The molecule has 0 amide bonds. The summed E-state index contributed by atoms with van der Waals surface area (Å²) in [6.07, 6.45) is 5.17. The van der Waals surface area contributed by atoms with E-state index in [9.17, 15) is 0 Å². The van der Waals surface area contributed by atoms with Crippen LogP contribution in [0.5, 0.6) is 11.5 Å². The monoisotopic (exact) mass is 1870 g/mol. The summed E-state index contributed by atoms with van der Waals surface area (Å²) in [4.78, 5) is 0. The van der Waals surface area contributed by atoms with E-state index in [1.54, 1.807) is 0 Å². The number of ether oxygens (including phenoxy) is 1. The second-order valence-corrected chi connectivity index (χ2v) is 35.4. The standard InChI is InChI=1S/C31H20BO2.C31H19Br.C25H16BO2.C9H21BO3.C6H4BrI.C4H8O.C4H9.Li/c33-32-34-22-16-13-20(14-17-22)21-15-18-30-26(19-21)25-9-3-6-12-29(25)31(30)27-10-4-1-7-23(27)24-8-2-5-11-28(24)31;32-22-16-13-20(14-17-22)21-15-18-30-26(19-21)25-9-3-6-12-29(25)31(30)27-10-4-1-7-23(27)24-8-2-5-11-28(24)31;27-26-28-16-13-14-24-20(15-16)19-9-3-6-12-23(19)25(24)21-10-4-1-7-17(21)18-8-2-5-11-22(18)25;1-7(2)11-10(12-8(3)4)13-9(5)6;7-5-1-3-6(8)4-2-5;1-2-4-5-3-1;1-3-4-2;/h1-19,33H;1-19H;1-15,27H;7-9H,1-6H3;1-4H;1-4H2;1,3-4H2,2H3;/q;;;;;;-1;+1. The summed E-state index contributed by atoms with van der Waals surface area (Å²) < 4.78 is 35.1. The Bertz CT molecular complexity index is 6090. The Balaban J connectivity index is 0.000000124. The van der Waals surface area contributed by atoms with Gasteiger partial charge < -0.3 is 45.0 Å². The Morgan fingerprint density at radius 3 is 0.832 bits per heavy atom. The van der Waals surface area contributed by atoms with Gasteiger partial charge in [-0.25, -0.2) is 0 Å². The van der Waals surface area contributed by atoms with Gasteiger partial charge >= 0.3 is 41.6 Å². The van der Waals surface area contributed by atoms with Crippen molar-refractivity contribution in [3.05, 3.63) is 432 Å². The molecule has 3 spiro atoms. The molecule has 2 radical (unpaired) electrons. The van der Waals surface area contributed by atoms with Crippen molar-refractivity contribution >= 4 is 77.1 Å². The first-order valence-corrected chi connectivity index (χ1v) is 45.4. The molecule has 0 unspecified atom stereocenters. The molecule has 1 fully saturated rings. The van der Waals surface area contributed by atoms with Crippen molar-refractivity contribution in [1.82, 2.24) is 0 Å². The molecule has 0 bridgehead atoms. The Hall–Kier alpha value is -9.86. The molecule has 1 aliphatic heterocycles. The minimum Gasteiger partial charge on any atom is -0.537 e. The van der Waals surface area contributed by atoms with E-state index in [0.29, 0.717) is 19.2 Å². The second kappa shape index (κ2) is 40.4. The average Bonchev–Trinajstić information content (AvgIpc) is 1.52. The summed E-state index contributed by atoms with van der Waals surface area (Å²) >= 11 is 9.18. The van der Waals surface area contributed by atoms with Crippen molar-refractivity contribution in [2.75, 3.05) is 13.2 Å². The molecule has 125 heavy (non-hydrogen) atoms. The van der Waals surface area contributed by atoms with Crippen LogP contribution in [0.15, 0.2) is 355 Å². The third kappa shape index (κ3) is 17.5. The third-order valence-corrected chi connectivity index (χ3v) is 25.6. The van der Waals surface area contributed by atoms with E-state index in [1.807, 2.05) is 90.1 Å². The van der Waals surface area contributed by atoms with Crippen molar-refractivity contribution in [3.63, 3.8) is 0 Å². The minimum absolute atomic E-state index is 0. The molecule has 2 N–H and O–H groups in total. The molecule has 0 aromatic heterocycles. The van der Waals surface area contributed by atoms with Crippen molar-refractivity contribution < 1.29 is 56.9 Å². The van der Waals surface area contributed by atoms with Gasteiger partial charge in [0.1, 0.15) is 11.5 Å². The number of rotatable bonds is 13. The van der Waals surface area contributed by atoms with Crippen molar-refractivity contribution in [2.24, 2.45) is 0 Å². The van der Waals surface area contributed by atoms with Gasteiger partial charge in [-0.15, -0.1) is 0 Å². The molecular weight excluding hydrogens is 1780 g/mol. The van der Waals surface area contributed by atoms with Crippen LogP contribution in [0.4, 0.5) is 0 Å².